The van der Waals surface area contributed by atoms with Crippen molar-refractivity contribution >= 4 is 34.7 Å². The minimum atomic E-state index is -0.422. The van der Waals surface area contributed by atoms with Gasteiger partial charge >= 0.3 is 0 Å². The fourth-order valence-corrected chi connectivity index (χ4v) is 7.04. The van der Waals surface area contributed by atoms with Crippen molar-refractivity contribution in [3.8, 4) is 11.5 Å². The number of fused-ring (bicyclic) bond motifs is 1. The molecule has 1 amide bonds. The minimum absolute atomic E-state index is 0.00730. The topological polar surface area (TPSA) is 79.3 Å². The van der Waals surface area contributed by atoms with E-state index in [0.717, 1.165) is 60.3 Å². The highest BCUT2D eigenvalue weighted by Gasteiger charge is 2.36. The summed E-state index contributed by atoms with van der Waals surface area (Å²) in [5.41, 5.74) is 4.79. The number of benzene rings is 3. The number of carbonyl (C=O) groups excluding carboxylic acids is 2. The van der Waals surface area contributed by atoms with Crippen LogP contribution in [0.25, 0.3) is 0 Å². The smallest absolute Gasteiger partial charge is 0.232 e. The number of halogens is 1. The normalized spacial score (nSPS) is 20.3. The van der Waals surface area contributed by atoms with Crippen molar-refractivity contribution in [3.05, 3.63) is 82.4 Å². The second-order valence-corrected chi connectivity index (χ2v) is 13.7. The molecule has 7 nitrogen and oxygen atoms in total. The summed E-state index contributed by atoms with van der Waals surface area (Å²) in [4.78, 5) is 30.6. The summed E-state index contributed by atoms with van der Waals surface area (Å²) in [5, 5.41) is 10.2. The Kier molecular flexibility index (Phi) is 11.0. The number of rotatable bonds is 12. The molecule has 0 saturated heterocycles. The number of amides is 1. The molecule has 1 aliphatic heterocycles. The van der Waals surface area contributed by atoms with E-state index in [1.54, 1.807) is 14.0 Å². The fraction of sp³-hybridized carbons (Fsp3) is 0.474. The van der Waals surface area contributed by atoms with Crippen LogP contribution in [0.2, 0.25) is 5.02 Å². The summed E-state index contributed by atoms with van der Waals surface area (Å²) in [7, 11) is 3.73. The van der Waals surface area contributed by atoms with Crippen LogP contribution in [0.3, 0.4) is 0 Å². The SMILES string of the molecule is COc1cc2c(cc1OC(C)C)[C@H](c1ccc(Cl)cc1)N(c1ccc(N(C)CC3CCC(C(=O)CC[C@@H](C)O)CC3)cc1)C(=O)C2. The number of ether oxygens (including phenoxy) is 2. The zero-order valence-corrected chi connectivity index (χ0v) is 28.4. The molecule has 1 heterocycles. The van der Waals surface area contributed by atoms with Crippen molar-refractivity contribution in [2.75, 3.05) is 30.5 Å². The van der Waals surface area contributed by atoms with E-state index >= 15 is 0 Å². The molecular formula is C38H47ClN2O5. The van der Waals surface area contributed by atoms with E-state index in [1.807, 2.05) is 67.3 Å². The van der Waals surface area contributed by atoms with Crippen molar-refractivity contribution < 1.29 is 24.2 Å². The number of aliphatic hydroxyl groups is 1. The molecule has 3 aromatic carbocycles. The third-order valence-electron chi connectivity index (χ3n) is 9.35. The van der Waals surface area contributed by atoms with Gasteiger partial charge in [-0.3, -0.25) is 9.59 Å². The Morgan fingerprint density at radius 2 is 1.67 bits per heavy atom. The van der Waals surface area contributed by atoms with Gasteiger partial charge in [-0.15, -0.1) is 0 Å². The maximum absolute atomic E-state index is 13.9. The molecule has 1 fully saturated rings. The van der Waals surface area contributed by atoms with Gasteiger partial charge in [0.25, 0.3) is 0 Å². The zero-order chi connectivity index (χ0) is 33.0. The molecule has 46 heavy (non-hydrogen) atoms. The van der Waals surface area contributed by atoms with E-state index in [0.29, 0.717) is 41.1 Å². The molecule has 3 aromatic rings. The van der Waals surface area contributed by atoms with Crippen LogP contribution in [0.1, 0.15) is 82.0 Å². The Morgan fingerprint density at radius 3 is 2.28 bits per heavy atom. The van der Waals surface area contributed by atoms with Crippen LogP contribution < -0.4 is 19.3 Å². The van der Waals surface area contributed by atoms with E-state index in [1.165, 1.54) is 0 Å². The van der Waals surface area contributed by atoms with E-state index in [2.05, 4.69) is 24.1 Å². The second kappa shape index (κ2) is 14.9. The van der Waals surface area contributed by atoms with E-state index in [4.69, 9.17) is 21.1 Å². The molecule has 1 saturated carbocycles. The second-order valence-electron chi connectivity index (χ2n) is 13.2. The third-order valence-corrected chi connectivity index (χ3v) is 9.60. The Balaban J connectivity index is 1.35. The Morgan fingerprint density at radius 1 is 1.00 bits per heavy atom. The molecular weight excluding hydrogens is 600 g/mol. The van der Waals surface area contributed by atoms with Crippen molar-refractivity contribution in [1.82, 2.24) is 0 Å². The monoisotopic (exact) mass is 646 g/mol. The van der Waals surface area contributed by atoms with Crippen LogP contribution in [-0.2, 0) is 16.0 Å². The summed E-state index contributed by atoms with van der Waals surface area (Å²) in [6, 6.07) is 19.5. The highest BCUT2D eigenvalue weighted by Crippen LogP contribution is 2.44. The Bertz CT molecular complexity index is 1500. The molecule has 0 spiro atoms. The maximum atomic E-state index is 13.9. The molecule has 2 atom stereocenters. The highest BCUT2D eigenvalue weighted by atomic mass is 35.5. The number of hydrogen-bond donors (Lipinski definition) is 1. The minimum Gasteiger partial charge on any atom is -0.493 e. The average molecular weight is 647 g/mol. The summed E-state index contributed by atoms with van der Waals surface area (Å²) in [5.74, 6) is 2.24. The first-order valence-electron chi connectivity index (χ1n) is 16.5. The summed E-state index contributed by atoms with van der Waals surface area (Å²) < 4.78 is 11.8. The van der Waals surface area contributed by atoms with Crippen molar-refractivity contribution in [2.45, 2.75) is 84.0 Å². The van der Waals surface area contributed by atoms with Crippen LogP contribution in [0.5, 0.6) is 11.5 Å². The van der Waals surface area contributed by atoms with E-state index < -0.39 is 6.10 Å². The van der Waals surface area contributed by atoms with Crippen LogP contribution >= 0.6 is 11.6 Å². The van der Waals surface area contributed by atoms with Crippen molar-refractivity contribution in [1.29, 1.82) is 0 Å². The number of methoxy groups -OCH3 is 1. The van der Waals surface area contributed by atoms with Gasteiger partial charge in [-0.2, -0.15) is 0 Å². The molecule has 246 valence electrons. The van der Waals surface area contributed by atoms with Gasteiger partial charge in [-0.1, -0.05) is 23.7 Å². The van der Waals surface area contributed by atoms with E-state index in [9.17, 15) is 14.7 Å². The Hall–Kier alpha value is -3.55. The quantitative estimate of drug-likeness (QED) is 0.216. The number of hydrogen-bond acceptors (Lipinski definition) is 6. The van der Waals surface area contributed by atoms with Gasteiger partial charge in [0.05, 0.1) is 31.8 Å². The largest absolute Gasteiger partial charge is 0.493 e. The lowest BCUT2D eigenvalue weighted by Gasteiger charge is -2.38. The number of carbonyl (C=O) groups is 2. The average Bonchev–Trinajstić information content (AvgIpc) is 3.03. The van der Waals surface area contributed by atoms with Gasteiger partial charge in [0, 0.05) is 42.3 Å². The first-order valence-corrected chi connectivity index (χ1v) is 16.9. The summed E-state index contributed by atoms with van der Waals surface area (Å²) >= 11 is 6.27. The highest BCUT2D eigenvalue weighted by molar-refractivity contribution is 6.30. The molecule has 0 unspecified atom stereocenters. The number of anilines is 2. The lowest BCUT2D eigenvalue weighted by atomic mass is 9.79. The lowest BCUT2D eigenvalue weighted by molar-refractivity contribution is -0.124. The standard InChI is InChI=1S/C38H47ClN2O5/c1-24(2)46-36-22-33-29(20-35(36)45-5)21-37(44)41(38(33)28-11-13-30(39)14-12-28)32-17-15-31(16-18-32)40(4)23-26-7-9-27(10-8-26)34(43)19-6-25(3)42/h11-18,20,22,24-27,38,42H,6-10,19,21,23H2,1-5H3/t25-,26?,27?,38+/m1/s1. The van der Waals surface area contributed by atoms with E-state index in [-0.39, 0.29) is 30.4 Å². The van der Waals surface area contributed by atoms with Gasteiger partial charge < -0.3 is 24.4 Å². The number of Topliss-reactive ketones (excluding diaryl/α,β-unsaturated/α-hetero) is 1. The van der Waals surface area contributed by atoms with Gasteiger partial charge in [0.1, 0.15) is 5.78 Å². The molecule has 1 aliphatic carbocycles. The Labute approximate surface area is 278 Å². The molecule has 0 bridgehead atoms. The van der Waals surface area contributed by atoms with Crippen LogP contribution in [0.4, 0.5) is 11.4 Å². The number of aliphatic hydroxyl groups excluding tert-OH is 1. The zero-order valence-electron chi connectivity index (χ0n) is 27.7. The first-order chi connectivity index (χ1) is 22.0. The van der Waals surface area contributed by atoms with Gasteiger partial charge in [-0.25, -0.2) is 0 Å². The van der Waals surface area contributed by atoms with Crippen LogP contribution in [-0.4, -0.2) is 49.7 Å². The first kappa shape index (κ1) is 33.8. The van der Waals surface area contributed by atoms with Crippen LogP contribution in [0.15, 0.2) is 60.7 Å². The molecule has 2 aliphatic rings. The molecule has 8 heteroatoms. The predicted octanol–water partition coefficient (Wildman–Crippen LogP) is 7.79. The van der Waals surface area contributed by atoms with Gasteiger partial charge in [0.2, 0.25) is 5.91 Å². The summed E-state index contributed by atoms with van der Waals surface area (Å²) in [6.45, 7) is 6.62. The number of ketones is 1. The molecule has 0 radical (unpaired) electrons. The van der Waals surface area contributed by atoms with Crippen LogP contribution in [0, 0.1) is 11.8 Å². The van der Waals surface area contributed by atoms with Crippen molar-refractivity contribution in [2.24, 2.45) is 11.8 Å². The van der Waals surface area contributed by atoms with Gasteiger partial charge in [0.15, 0.2) is 11.5 Å². The molecule has 5 rings (SSSR count). The molecule has 0 aromatic heterocycles. The fourth-order valence-electron chi connectivity index (χ4n) is 6.91. The van der Waals surface area contributed by atoms with Gasteiger partial charge in [-0.05, 0) is 124 Å². The molecule has 1 N–H and O–H groups in total. The predicted molar refractivity (Wildman–Crippen MR) is 184 cm³/mol. The maximum Gasteiger partial charge on any atom is 0.232 e. The lowest BCUT2D eigenvalue weighted by Crippen LogP contribution is -2.41. The summed E-state index contributed by atoms with van der Waals surface area (Å²) in [6.07, 6.45) is 4.74. The van der Waals surface area contributed by atoms with Crippen molar-refractivity contribution in [3.63, 3.8) is 0 Å². The third kappa shape index (κ3) is 7.87. The number of nitrogens with zero attached hydrogens (tertiary/aromatic N) is 2.